The van der Waals surface area contributed by atoms with E-state index in [1.54, 1.807) is 18.3 Å². The molecular weight excluding hydrogens is 376 g/mol. The Morgan fingerprint density at radius 2 is 2.10 bits per heavy atom. The summed E-state index contributed by atoms with van der Waals surface area (Å²) in [5, 5.41) is 23.9. The Bertz CT molecular complexity index is 889. The van der Waals surface area contributed by atoms with Crippen molar-refractivity contribution in [3.05, 3.63) is 23.9 Å². The largest absolute Gasteiger partial charge is 0.390 e. The van der Waals surface area contributed by atoms with Crippen molar-refractivity contribution >= 4 is 11.7 Å². The van der Waals surface area contributed by atoms with Crippen molar-refractivity contribution in [1.29, 1.82) is 5.26 Å². The van der Waals surface area contributed by atoms with Gasteiger partial charge in [0.2, 0.25) is 5.91 Å². The maximum Gasteiger partial charge on any atom is 0.226 e. The molecule has 0 radical (unpaired) electrons. The molecule has 160 valence electrons. The fourth-order valence-corrected chi connectivity index (χ4v) is 7.54. The van der Waals surface area contributed by atoms with E-state index in [1.807, 2.05) is 0 Å². The van der Waals surface area contributed by atoms with Crippen LogP contribution >= 0.6 is 0 Å². The smallest absolute Gasteiger partial charge is 0.226 e. The van der Waals surface area contributed by atoms with Gasteiger partial charge < -0.3 is 15.3 Å². The van der Waals surface area contributed by atoms with Crippen LogP contribution in [0.3, 0.4) is 0 Å². The lowest BCUT2D eigenvalue weighted by Crippen LogP contribution is -2.64. The minimum atomic E-state index is -0.636. The molecule has 4 saturated carbocycles. The van der Waals surface area contributed by atoms with Gasteiger partial charge in [-0.3, -0.25) is 4.79 Å². The number of nitrogens with zero attached hydrogens (tertiary/aromatic N) is 3. The first-order valence-corrected chi connectivity index (χ1v) is 11.5. The highest BCUT2D eigenvalue weighted by atomic mass is 16.3. The zero-order chi connectivity index (χ0) is 21.0. The second-order valence-corrected chi connectivity index (χ2v) is 10.6. The number of hydrogen-bond donors (Lipinski definition) is 2. The third-order valence-electron chi connectivity index (χ3n) is 8.42. The van der Waals surface area contributed by atoms with Gasteiger partial charge in [-0.1, -0.05) is 13.3 Å². The van der Waals surface area contributed by atoms with Crippen LogP contribution in [0.25, 0.3) is 0 Å². The van der Waals surface area contributed by atoms with Crippen molar-refractivity contribution in [3.63, 3.8) is 0 Å². The molecule has 4 aliphatic carbocycles. The van der Waals surface area contributed by atoms with E-state index in [0.717, 1.165) is 63.9 Å². The third-order valence-corrected chi connectivity index (χ3v) is 8.42. The summed E-state index contributed by atoms with van der Waals surface area (Å²) < 4.78 is 0. The number of rotatable bonds is 4. The Balaban J connectivity index is 1.25. The van der Waals surface area contributed by atoms with E-state index in [2.05, 4.69) is 28.2 Å². The summed E-state index contributed by atoms with van der Waals surface area (Å²) in [6, 6.07) is 5.97. The van der Waals surface area contributed by atoms with Crippen molar-refractivity contribution in [2.75, 3.05) is 18.0 Å². The van der Waals surface area contributed by atoms with Crippen LogP contribution in [0, 0.1) is 28.1 Å². The molecule has 0 spiro atoms. The maximum atomic E-state index is 13.5. The van der Waals surface area contributed by atoms with Crippen molar-refractivity contribution in [2.45, 2.75) is 76.4 Å². The molecule has 4 bridgehead atoms. The van der Waals surface area contributed by atoms with E-state index in [-0.39, 0.29) is 22.8 Å². The van der Waals surface area contributed by atoms with Gasteiger partial charge in [-0.05, 0) is 74.8 Å². The van der Waals surface area contributed by atoms with Gasteiger partial charge in [0, 0.05) is 25.3 Å². The summed E-state index contributed by atoms with van der Waals surface area (Å²) >= 11 is 0. The number of piperidine rings is 1. The van der Waals surface area contributed by atoms with E-state index in [4.69, 9.17) is 0 Å². The van der Waals surface area contributed by atoms with Crippen molar-refractivity contribution in [2.24, 2.45) is 16.7 Å². The Hall–Kier alpha value is -2.13. The molecule has 2 N–H and O–H groups in total. The summed E-state index contributed by atoms with van der Waals surface area (Å²) in [6.07, 6.45) is 9.98. The molecule has 4 unspecified atom stereocenters. The van der Waals surface area contributed by atoms with Crippen LogP contribution in [0.4, 0.5) is 5.82 Å². The average Bonchev–Trinajstić information content (AvgIpc) is 2.72. The maximum absolute atomic E-state index is 13.5. The van der Waals surface area contributed by atoms with Gasteiger partial charge in [-0.15, -0.1) is 0 Å². The van der Waals surface area contributed by atoms with Gasteiger partial charge in [-0.2, -0.15) is 5.26 Å². The summed E-state index contributed by atoms with van der Waals surface area (Å²) in [5.41, 5.74) is -0.257. The highest BCUT2D eigenvalue weighted by Crippen LogP contribution is 2.67. The number of aliphatic hydroxyl groups is 1. The number of anilines is 1. The van der Waals surface area contributed by atoms with Gasteiger partial charge in [0.1, 0.15) is 11.9 Å². The second-order valence-electron chi connectivity index (χ2n) is 10.6. The topological polar surface area (TPSA) is 89.2 Å². The summed E-state index contributed by atoms with van der Waals surface area (Å²) in [6.45, 7) is 3.80. The van der Waals surface area contributed by atoms with Crippen LogP contribution in [0.2, 0.25) is 0 Å². The van der Waals surface area contributed by atoms with Crippen molar-refractivity contribution < 1.29 is 9.90 Å². The van der Waals surface area contributed by atoms with Gasteiger partial charge in [0.05, 0.1) is 16.6 Å². The van der Waals surface area contributed by atoms with Gasteiger partial charge in [-0.25, -0.2) is 4.98 Å². The second kappa shape index (κ2) is 6.95. The van der Waals surface area contributed by atoms with E-state index in [1.165, 1.54) is 6.42 Å². The Kier molecular flexibility index (Phi) is 4.59. The van der Waals surface area contributed by atoms with E-state index in [9.17, 15) is 15.2 Å². The molecular formula is C24H32N4O2. The minimum absolute atomic E-state index is 0.154. The molecule has 1 aromatic heterocycles. The zero-order valence-corrected chi connectivity index (χ0v) is 17.9. The van der Waals surface area contributed by atoms with Gasteiger partial charge >= 0.3 is 0 Å². The molecule has 0 aromatic carbocycles. The molecule has 1 aromatic rings. The number of nitriles is 1. The van der Waals surface area contributed by atoms with Crippen LogP contribution in [-0.4, -0.2) is 40.7 Å². The number of nitrogens with one attached hydrogen (secondary N) is 1. The van der Waals surface area contributed by atoms with E-state index in [0.29, 0.717) is 17.9 Å². The molecule has 6 rings (SSSR count). The number of aromatic nitrogens is 1. The van der Waals surface area contributed by atoms with Crippen LogP contribution in [0.15, 0.2) is 18.3 Å². The number of carbonyl (C=O) groups is 1. The molecule has 30 heavy (non-hydrogen) atoms. The predicted molar refractivity (Wildman–Crippen MR) is 114 cm³/mol. The SMILES string of the molecule is CCC12CC3CC(O)(C1)CC(C(=O)NC1CCN(c4ncccc4C#N)CC1)(C3)C2. The number of pyridine rings is 1. The van der Waals surface area contributed by atoms with Crippen molar-refractivity contribution in [1.82, 2.24) is 10.3 Å². The molecule has 4 atom stereocenters. The first-order chi connectivity index (χ1) is 14.4. The Morgan fingerprint density at radius 1 is 1.30 bits per heavy atom. The molecule has 5 fully saturated rings. The molecule has 2 heterocycles. The van der Waals surface area contributed by atoms with Crippen LogP contribution in [-0.2, 0) is 4.79 Å². The lowest BCUT2D eigenvalue weighted by molar-refractivity contribution is -0.204. The van der Waals surface area contributed by atoms with Crippen LogP contribution in [0.5, 0.6) is 0 Å². The van der Waals surface area contributed by atoms with Crippen LogP contribution in [0.1, 0.15) is 70.3 Å². The number of amides is 1. The number of carbonyl (C=O) groups excluding carboxylic acids is 1. The average molecular weight is 409 g/mol. The van der Waals surface area contributed by atoms with Crippen molar-refractivity contribution in [3.8, 4) is 6.07 Å². The molecule has 5 aliphatic rings. The third kappa shape index (κ3) is 3.19. The predicted octanol–water partition coefficient (Wildman–Crippen LogP) is 3.15. The fourth-order valence-electron chi connectivity index (χ4n) is 7.54. The van der Waals surface area contributed by atoms with Gasteiger partial charge in [0.25, 0.3) is 0 Å². The first-order valence-electron chi connectivity index (χ1n) is 11.5. The Morgan fingerprint density at radius 3 is 2.80 bits per heavy atom. The van der Waals surface area contributed by atoms with Gasteiger partial charge in [0.15, 0.2) is 0 Å². The lowest BCUT2D eigenvalue weighted by atomic mass is 9.42. The zero-order valence-electron chi connectivity index (χ0n) is 17.9. The minimum Gasteiger partial charge on any atom is -0.390 e. The number of hydrogen-bond acceptors (Lipinski definition) is 5. The monoisotopic (exact) mass is 408 g/mol. The van der Waals surface area contributed by atoms with Crippen LogP contribution < -0.4 is 10.2 Å². The summed E-state index contributed by atoms with van der Waals surface area (Å²) in [4.78, 5) is 20.1. The molecule has 6 nitrogen and oxygen atoms in total. The van der Waals surface area contributed by atoms with E-state index >= 15 is 0 Å². The first kappa shape index (κ1) is 19.8. The summed E-state index contributed by atoms with van der Waals surface area (Å²) in [7, 11) is 0. The fraction of sp³-hybridized carbons (Fsp3) is 0.708. The molecule has 1 saturated heterocycles. The lowest BCUT2D eigenvalue weighted by Gasteiger charge is -2.64. The normalized spacial score (nSPS) is 37.8. The summed E-state index contributed by atoms with van der Waals surface area (Å²) in [5.74, 6) is 1.42. The highest BCUT2D eigenvalue weighted by molar-refractivity contribution is 5.84. The standard InChI is InChI=1S/C24H32N4O2/c1-2-22-10-17-11-23(14-22,16-24(30,12-17)15-22)21(29)27-19-5-8-28(9-6-19)20-18(13-25)4-3-7-26-20/h3-4,7,17,19,30H,2,5-6,8-12,14-16H2,1H3,(H,27,29). The molecule has 6 heteroatoms. The Labute approximate surface area is 178 Å². The quantitative estimate of drug-likeness (QED) is 0.799. The molecule has 1 amide bonds. The van der Waals surface area contributed by atoms with E-state index < -0.39 is 5.60 Å². The highest BCUT2D eigenvalue weighted by Gasteiger charge is 2.64. The molecule has 1 aliphatic heterocycles.